The summed E-state index contributed by atoms with van der Waals surface area (Å²) < 4.78 is 31.6. The molecular weight excluding hydrogens is 246 g/mol. The van der Waals surface area contributed by atoms with Crippen molar-refractivity contribution in [2.24, 2.45) is 5.73 Å². The summed E-state index contributed by atoms with van der Waals surface area (Å²) in [5.74, 6) is -2.86. The average molecular weight is 258 g/mol. The van der Waals surface area contributed by atoms with E-state index in [0.717, 1.165) is 6.07 Å². The molecule has 0 bridgehead atoms. The van der Waals surface area contributed by atoms with E-state index in [9.17, 15) is 18.9 Å². The molecule has 2 rings (SSSR count). The van der Waals surface area contributed by atoms with E-state index in [1.54, 1.807) is 0 Å². The Labute approximate surface area is 102 Å². The number of hydrogen-bond acceptors (Lipinski definition) is 4. The van der Waals surface area contributed by atoms with Gasteiger partial charge in [0.05, 0.1) is 17.4 Å². The molecule has 18 heavy (non-hydrogen) atoms. The third-order valence-electron chi connectivity index (χ3n) is 3.38. The molecule has 1 unspecified atom stereocenters. The molecule has 0 amide bonds. The third-order valence-corrected chi connectivity index (χ3v) is 3.38. The van der Waals surface area contributed by atoms with Crippen molar-refractivity contribution in [3.8, 4) is 5.75 Å². The second-order valence-corrected chi connectivity index (χ2v) is 4.31. The number of nitro groups is 1. The summed E-state index contributed by atoms with van der Waals surface area (Å²) in [6.07, 6.45) is -0.375. The normalized spacial score (nSPS) is 24.7. The summed E-state index contributed by atoms with van der Waals surface area (Å²) in [5.41, 5.74) is 3.78. The molecule has 1 aliphatic carbocycles. The van der Waals surface area contributed by atoms with E-state index in [1.807, 2.05) is 0 Å². The minimum Gasteiger partial charge on any atom is -0.490 e. The molecule has 0 saturated heterocycles. The van der Waals surface area contributed by atoms with Gasteiger partial charge in [-0.05, 0) is 11.6 Å². The molecular formula is C11H12F2N2O3. The van der Waals surface area contributed by atoms with Crippen molar-refractivity contribution >= 4 is 5.69 Å². The number of ether oxygens (including phenoxy) is 1. The van der Waals surface area contributed by atoms with Crippen LogP contribution in [0.2, 0.25) is 0 Å². The highest BCUT2D eigenvalue weighted by Crippen LogP contribution is 2.61. The number of rotatable bonds is 4. The van der Waals surface area contributed by atoms with Gasteiger partial charge in [-0.3, -0.25) is 10.1 Å². The van der Waals surface area contributed by atoms with Gasteiger partial charge in [0, 0.05) is 19.0 Å². The minimum atomic E-state index is -2.90. The van der Waals surface area contributed by atoms with Gasteiger partial charge < -0.3 is 10.5 Å². The molecule has 0 radical (unpaired) electrons. The van der Waals surface area contributed by atoms with Crippen molar-refractivity contribution in [3.05, 3.63) is 33.9 Å². The maximum Gasteiger partial charge on any atom is 0.311 e. The highest BCUT2D eigenvalue weighted by atomic mass is 19.3. The van der Waals surface area contributed by atoms with Crippen molar-refractivity contribution in [3.63, 3.8) is 0 Å². The van der Waals surface area contributed by atoms with E-state index in [4.69, 9.17) is 10.5 Å². The lowest BCUT2D eigenvalue weighted by atomic mass is 9.94. The molecule has 1 fully saturated rings. The molecule has 5 nitrogen and oxygen atoms in total. The van der Waals surface area contributed by atoms with E-state index in [1.165, 1.54) is 19.2 Å². The molecule has 1 saturated carbocycles. The first kappa shape index (κ1) is 12.7. The Hall–Kier alpha value is -1.76. The first-order chi connectivity index (χ1) is 8.38. The number of methoxy groups -OCH3 is 1. The van der Waals surface area contributed by atoms with E-state index in [0.29, 0.717) is 0 Å². The molecule has 1 atom stereocenters. The SMILES string of the molecule is COc1ccc(C2(CN)CC2(F)F)cc1[N+](=O)[O-]. The smallest absolute Gasteiger partial charge is 0.311 e. The Morgan fingerprint density at radius 2 is 2.17 bits per heavy atom. The minimum absolute atomic E-state index is 0.0416. The summed E-state index contributed by atoms with van der Waals surface area (Å²) >= 11 is 0. The van der Waals surface area contributed by atoms with E-state index >= 15 is 0 Å². The van der Waals surface area contributed by atoms with E-state index < -0.39 is 16.3 Å². The van der Waals surface area contributed by atoms with Crippen LogP contribution in [-0.4, -0.2) is 24.5 Å². The van der Waals surface area contributed by atoms with Gasteiger partial charge in [-0.1, -0.05) is 6.07 Å². The quantitative estimate of drug-likeness (QED) is 0.660. The van der Waals surface area contributed by atoms with Gasteiger partial charge in [-0.25, -0.2) is 8.78 Å². The maximum atomic E-state index is 13.4. The van der Waals surface area contributed by atoms with Gasteiger partial charge in [0.25, 0.3) is 5.92 Å². The Bertz CT molecular complexity index is 507. The lowest BCUT2D eigenvalue weighted by Crippen LogP contribution is -2.26. The van der Waals surface area contributed by atoms with Crippen molar-refractivity contribution < 1.29 is 18.4 Å². The molecule has 1 aromatic carbocycles. The van der Waals surface area contributed by atoms with Gasteiger partial charge >= 0.3 is 5.69 Å². The fourth-order valence-corrected chi connectivity index (χ4v) is 2.12. The zero-order valence-corrected chi connectivity index (χ0v) is 9.65. The van der Waals surface area contributed by atoms with Crippen LogP contribution in [0.15, 0.2) is 18.2 Å². The molecule has 1 aromatic rings. The van der Waals surface area contributed by atoms with Crippen LogP contribution in [0.1, 0.15) is 12.0 Å². The number of nitrogens with zero attached hydrogens (tertiary/aromatic N) is 1. The number of benzene rings is 1. The summed E-state index contributed by atoms with van der Waals surface area (Å²) in [7, 11) is 1.28. The highest BCUT2D eigenvalue weighted by molar-refractivity contribution is 5.53. The van der Waals surface area contributed by atoms with E-state index in [-0.39, 0.29) is 30.0 Å². The summed E-state index contributed by atoms with van der Waals surface area (Å²) in [6.45, 7) is -0.247. The predicted octanol–water partition coefficient (Wildman–Crippen LogP) is 1.84. The molecule has 0 aromatic heterocycles. The van der Waals surface area contributed by atoms with Crippen LogP contribution in [0.25, 0.3) is 0 Å². The first-order valence-corrected chi connectivity index (χ1v) is 5.29. The fraction of sp³-hybridized carbons (Fsp3) is 0.455. The molecule has 0 heterocycles. The summed E-state index contributed by atoms with van der Waals surface area (Å²) in [5, 5.41) is 10.8. The molecule has 1 aliphatic rings. The van der Waals surface area contributed by atoms with Crippen LogP contribution < -0.4 is 10.5 Å². The van der Waals surface area contributed by atoms with Crippen molar-refractivity contribution in [2.75, 3.05) is 13.7 Å². The average Bonchev–Trinajstić information content (AvgIpc) is 2.92. The molecule has 7 heteroatoms. The number of nitrogens with two attached hydrogens (primary N) is 1. The predicted molar refractivity (Wildman–Crippen MR) is 59.9 cm³/mol. The first-order valence-electron chi connectivity index (χ1n) is 5.29. The van der Waals surface area contributed by atoms with Crippen LogP contribution in [0.5, 0.6) is 5.75 Å². The van der Waals surface area contributed by atoms with Crippen LogP contribution in [0, 0.1) is 10.1 Å². The Morgan fingerprint density at radius 1 is 1.56 bits per heavy atom. The third kappa shape index (κ3) is 1.62. The van der Waals surface area contributed by atoms with Gasteiger partial charge in [-0.15, -0.1) is 0 Å². The fourth-order valence-electron chi connectivity index (χ4n) is 2.12. The van der Waals surface area contributed by atoms with Crippen molar-refractivity contribution in [2.45, 2.75) is 17.8 Å². The topological polar surface area (TPSA) is 78.4 Å². The van der Waals surface area contributed by atoms with Crippen LogP contribution in [-0.2, 0) is 5.41 Å². The van der Waals surface area contributed by atoms with Crippen molar-refractivity contribution in [1.82, 2.24) is 0 Å². The largest absolute Gasteiger partial charge is 0.490 e. The van der Waals surface area contributed by atoms with Gasteiger partial charge in [-0.2, -0.15) is 0 Å². The van der Waals surface area contributed by atoms with Crippen molar-refractivity contribution in [1.29, 1.82) is 0 Å². The van der Waals surface area contributed by atoms with Crippen LogP contribution in [0.4, 0.5) is 14.5 Å². The number of hydrogen-bond donors (Lipinski definition) is 1. The molecule has 98 valence electrons. The Kier molecular flexibility index (Phi) is 2.73. The Balaban J connectivity index is 2.48. The monoisotopic (exact) mass is 258 g/mol. The number of halogens is 2. The maximum absolute atomic E-state index is 13.4. The second-order valence-electron chi connectivity index (χ2n) is 4.31. The van der Waals surface area contributed by atoms with Gasteiger partial charge in [0.1, 0.15) is 0 Å². The molecule has 0 spiro atoms. The van der Waals surface area contributed by atoms with Gasteiger partial charge in [0.15, 0.2) is 5.75 Å². The highest BCUT2D eigenvalue weighted by Gasteiger charge is 2.71. The summed E-state index contributed by atoms with van der Waals surface area (Å²) in [4.78, 5) is 10.2. The molecule has 0 aliphatic heterocycles. The summed E-state index contributed by atoms with van der Waals surface area (Å²) in [6, 6.07) is 3.84. The number of nitro benzene ring substituents is 1. The van der Waals surface area contributed by atoms with Crippen LogP contribution >= 0.6 is 0 Å². The lowest BCUT2D eigenvalue weighted by Gasteiger charge is -2.14. The second kappa shape index (κ2) is 3.88. The lowest BCUT2D eigenvalue weighted by molar-refractivity contribution is -0.385. The van der Waals surface area contributed by atoms with Crippen LogP contribution in [0.3, 0.4) is 0 Å². The zero-order valence-electron chi connectivity index (χ0n) is 9.65. The number of alkyl halides is 2. The van der Waals surface area contributed by atoms with E-state index in [2.05, 4.69) is 0 Å². The molecule has 2 N–H and O–H groups in total. The Morgan fingerprint density at radius 3 is 2.56 bits per heavy atom. The standard InChI is InChI=1S/C11H12F2N2O3/c1-18-9-3-2-7(4-8(9)15(16)17)10(6-14)5-11(10,12)13/h2-4H,5-6,14H2,1H3. The van der Waals surface area contributed by atoms with Gasteiger partial charge in [0.2, 0.25) is 0 Å². The zero-order chi connectivity index (χ0) is 13.6.